The Kier molecular flexibility index (Phi) is 8.19. The summed E-state index contributed by atoms with van der Waals surface area (Å²) in [5.74, 6) is -0.473. The smallest absolute Gasteiger partial charge is 0.332 e. The van der Waals surface area contributed by atoms with Crippen LogP contribution in [0.1, 0.15) is 20.3 Å². The summed E-state index contributed by atoms with van der Waals surface area (Å²) in [7, 11) is 2.02. The van der Waals surface area contributed by atoms with Crippen molar-refractivity contribution in [2.75, 3.05) is 6.61 Å². The molecule has 0 aliphatic carbocycles. The van der Waals surface area contributed by atoms with Crippen LogP contribution in [-0.2, 0) is 18.9 Å². The average Bonchev–Trinajstić information content (AvgIpc) is 2.38. The number of esters is 1. The van der Waals surface area contributed by atoms with E-state index in [1.165, 1.54) is 0 Å². The van der Waals surface area contributed by atoms with Crippen LogP contribution in [0.3, 0.4) is 0 Å². The molecular weight excluding hydrogens is 385 g/mol. The van der Waals surface area contributed by atoms with E-state index in [1.807, 2.05) is 17.9 Å². The van der Waals surface area contributed by atoms with Crippen molar-refractivity contribution >= 4 is 55.7 Å². The highest BCUT2D eigenvalue weighted by atomic mass is 127. The van der Waals surface area contributed by atoms with Crippen LogP contribution < -0.4 is 0 Å². The van der Waals surface area contributed by atoms with Crippen LogP contribution in [-0.4, -0.2) is 32.2 Å². The molecule has 0 aromatic rings. The van der Waals surface area contributed by atoms with E-state index >= 15 is 0 Å². The number of halogens is 1. The largest absolute Gasteiger partial charge is 0.434 e. The minimum atomic E-state index is -0.564. The number of ether oxygens (including phenoxy) is 2. The van der Waals surface area contributed by atoms with Gasteiger partial charge in [-0.25, -0.2) is 0 Å². The van der Waals surface area contributed by atoms with Crippen molar-refractivity contribution in [2.24, 2.45) is 5.92 Å². The maximum Gasteiger partial charge on any atom is 0.332 e. The lowest BCUT2D eigenvalue weighted by Crippen LogP contribution is -2.43. The maximum absolute atomic E-state index is 11.7. The first-order chi connectivity index (χ1) is 8.60. The Hall–Kier alpha value is 0.705. The number of hydrogen-bond acceptors (Lipinski definition) is 5. The summed E-state index contributed by atoms with van der Waals surface area (Å²) in [6.07, 6.45) is -0.0682. The van der Waals surface area contributed by atoms with Gasteiger partial charge in [-0.15, -0.1) is 0 Å². The summed E-state index contributed by atoms with van der Waals surface area (Å²) in [6.45, 7) is 4.22. The molecule has 1 fully saturated rings. The first-order valence-corrected chi connectivity index (χ1v) is 9.17. The van der Waals surface area contributed by atoms with Gasteiger partial charge in [0.2, 0.25) is 6.29 Å². The summed E-state index contributed by atoms with van der Waals surface area (Å²) >= 11 is 6.14. The molecule has 101 valence electrons. The molecular formula is C10H16BIO4PS. The molecule has 1 radical (unpaired) electrons. The molecule has 0 amide bonds. The number of carbonyl (C=O) groups is 1. The van der Waals surface area contributed by atoms with Gasteiger partial charge >= 0.3 is 13.2 Å². The SMILES string of the molecule is C/C(=C\I)[C@H]1OC(=O)[C@@H](C)[C@@H](CCO[B]PS)O1. The summed E-state index contributed by atoms with van der Waals surface area (Å²) in [4.78, 5) is 11.7. The standard InChI is InChI=1S/C10H16BIO4PS/c1-6(5-12)10-15-8(3-4-14-11-17-18)7(2)9(13)16-10/h5,7-8,10,17-18H,3-4H2,1-2H3/b6-5+/t7-,8+,10+/m0/s1. The molecule has 1 aliphatic rings. The Balaban J connectivity index is 2.51. The Morgan fingerprint density at radius 2 is 2.44 bits per heavy atom. The maximum atomic E-state index is 11.7. The Morgan fingerprint density at radius 1 is 1.72 bits per heavy atom. The molecule has 4 nitrogen and oxygen atoms in total. The lowest BCUT2D eigenvalue weighted by Gasteiger charge is -2.34. The molecule has 1 rings (SSSR count). The van der Waals surface area contributed by atoms with Gasteiger partial charge in [-0.05, 0) is 24.4 Å². The predicted molar refractivity (Wildman–Crippen MR) is 85.3 cm³/mol. The molecule has 1 aliphatic heterocycles. The summed E-state index contributed by atoms with van der Waals surface area (Å²) < 4.78 is 18.1. The zero-order valence-electron chi connectivity index (χ0n) is 10.3. The second-order valence-corrected chi connectivity index (χ2v) is 5.88. The minimum absolute atomic E-state index is 0.167. The van der Waals surface area contributed by atoms with Crippen molar-refractivity contribution in [3.05, 3.63) is 9.66 Å². The zero-order chi connectivity index (χ0) is 13.5. The van der Waals surface area contributed by atoms with E-state index in [1.54, 1.807) is 7.20 Å². The number of carbonyl (C=O) groups excluding carboxylic acids is 1. The second kappa shape index (κ2) is 8.79. The van der Waals surface area contributed by atoms with Gasteiger partial charge in [0.25, 0.3) is 0 Å². The number of rotatable bonds is 6. The van der Waals surface area contributed by atoms with Crippen molar-refractivity contribution in [3.8, 4) is 0 Å². The van der Waals surface area contributed by atoms with E-state index in [-0.39, 0.29) is 18.0 Å². The van der Waals surface area contributed by atoms with Gasteiger partial charge < -0.3 is 14.1 Å². The fraction of sp³-hybridized carbons (Fsp3) is 0.700. The number of thiol groups is 1. The van der Waals surface area contributed by atoms with Crippen molar-refractivity contribution in [1.82, 2.24) is 0 Å². The molecule has 4 atom stereocenters. The van der Waals surface area contributed by atoms with Crippen LogP contribution in [0, 0.1) is 5.92 Å². The molecule has 18 heavy (non-hydrogen) atoms. The quantitative estimate of drug-likeness (QED) is 0.186. The molecule has 0 aromatic carbocycles. The summed E-state index contributed by atoms with van der Waals surface area (Å²) in [6, 6.07) is 0. The molecule has 0 saturated carbocycles. The van der Waals surface area contributed by atoms with Gasteiger partial charge in [0.1, 0.15) is 0 Å². The van der Waals surface area contributed by atoms with Gasteiger partial charge in [0.05, 0.1) is 12.0 Å². The fourth-order valence-corrected chi connectivity index (χ4v) is 2.23. The van der Waals surface area contributed by atoms with Crippen molar-refractivity contribution in [1.29, 1.82) is 0 Å². The second-order valence-electron chi connectivity index (χ2n) is 3.99. The van der Waals surface area contributed by atoms with Gasteiger partial charge in [-0.3, -0.25) is 4.79 Å². The van der Waals surface area contributed by atoms with Crippen molar-refractivity contribution in [2.45, 2.75) is 32.7 Å². The normalized spacial score (nSPS) is 29.7. The van der Waals surface area contributed by atoms with E-state index in [9.17, 15) is 4.79 Å². The third-order valence-corrected chi connectivity index (χ3v) is 4.22. The highest BCUT2D eigenvalue weighted by molar-refractivity contribution is 14.1. The summed E-state index contributed by atoms with van der Waals surface area (Å²) in [5, 5.41) is 0. The van der Waals surface area contributed by atoms with Gasteiger partial charge in [0.15, 0.2) is 0 Å². The summed E-state index contributed by atoms with van der Waals surface area (Å²) in [5.41, 5.74) is 0.894. The highest BCUT2D eigenvalue weighted by Gasteiger charge is 2.36. The van der Waals surface area contributed by atoms with Crippen LogP contribution in [0.2, 0.25) is 0 Å². The lowest BCUT2D eigenvalue weighted by molar-refractivity contribution is -0.218. The highest BCUT2D eigenvalue weighted by Crippen LogP contribution is 2.26. The van der Waals surface area contributed by atoms with Gasteiger partial charge in [-0.1, -0.05) is 30.3 Å². The molecule has 0 bridgehead atoms. The predicted octanol–water partition coefficient (Wildman–Crippen LogP) is 2.69. The monoisotopic (exact) mass is 401 g/mol. The fourth-order valence-electron chi connectivity index (χ4n) is 1.52. The van der Waals surface area contributed by atoms with Crippen LogP contribution in [0.4, 0.5) is 0 Å². The molecule has 0 spiro atoms. The van der Waals surface area contributed by atoms with Crippen LogP contribution in [0.15, 0.2) is 9.66 Å². The first-order valence-electron chi connectivity index (χ1n) is 5.56. The minimum Gasteiger partial charge on any atom is -0.434 e. The Labute approximate surface area is 129 Å². The van der Waals surface area contributed by atoms with E-state index in [0.29, 0.717) is 20.7 Å². The van der Waals surface area contributed by atoms with E-state index < -0.39 is 6.29 Å². The van der Waals surface area contributed by atoms with Gasteiger partial charge in [0, 0.05) is 12.2 Å². The molecule has 1 saturated heterocycles. The Morgan fingerprint density at radius 3 is 3.06 bits per heavy atom. The molecule has 1 heterocycles. The Bertz CT molecular complexity index is 318. The third-order valence-electron chi connectivity index (χ3n) is 2.65. The van der Waals surface area contributed by atoms with Crippen molar-refractivity contribution < 1.29 is 18.9 Å². The average molecular weight is 401 g/mol. The molecule has 1 unspecified atom stereocenters. The number of hydrogen-bond donors (Lipinski definition) is 1. The zero-order valence-corrected chi connectivity index (χ0v) is 14.3. The van der Waals surface area contributed by atoms with E-state index in [4.69, 9.17) is 14.1 Å². The van der Waals surface area contributed by atoms with Crippen LogP contribution in [0.5, 0.6) is 0 Å². The van der Waals surface area contributed by atoms with Gasteiger partial charge in [-0.2, -0.15) is 12.2 Å². The number of cyclic esters (lactones) is 1. The third kappa shape index (κ3) is 5.00. The lowest BCUT2D eigenvalue weighted by atomic mass is 10.0. The molecule has 0 N–H and O–H groups in total. The van der Waals surface area contributed by atoms with E-state index in [0.717, 1.165) is 5.57 Å². The first kappa shape index (κ1) is 16.8. The van der Waals surface area contributed by atoms with Crippen LogP contribution >= 0.6 is 42.5 Å². The van der Waals surface area contributed by atoms with Crippen LogP contribution in [0.25, 0.3) is 0 Å². The van der Waals surface area contributed by atoms with E-state index in [2.05, 4.69) is 34.8 Å². The topological polar surface area (TPSA) is 44.8 Å². The van der Waals surface area contributed by atoms with Crippen molar-refractivity contribution in [3.63, 3.8) is 0 Å². The molecule has 0 aromatic heterocycles. The molecule has 8 heteroatoms.